The topological polar surface area (TPSA) is 40.6 Å². The maximum Gasteiger partial charge on any atom is 0.244 e. The lowest BCUT2D eigenvalue weighted by molar-refractivity contribution is -0.144. The highest BCUT2D eigenvalue weighted by molar-refractivity contribution is 5.88. The fourth-order valence-corrected chi connectivity index (χ4v) is 1.92. The van der Waals surface area contributed by atoms with Crippen LogP contribution in [0.1, 0.15) is 26.7 Å². The second-order valence-electron chi connectivity index (χ2n) is 4.58. The van der Waals surface area contributed by atoms with Gasteiger partial charge in [-0.25, -0.2) is 0 Å². The zero-order valence-electron chi connectivity index (χ0n) is 9.99. The molecule has 1 atom stereocenters. The van der Waals surface area contributed by atoms with E-state index in [2.05, 4.69) is 0 Å². The molecule has 1 heterocycles. The zero-order valence-corrected chi connectivity index (χ0v) is 9.99. The Kier molecular flexibility index (Phi) is 3.72. The van der Waals surface area contributed by atoms with Gasteiger partial charge in [0.05, 0.1) is 0 Å². The molecular formula is C11H20N2O2. The van der Waals surface area contributed by atoms with Crippen LogP contribution >= 0.6 is 0 Å². The van der Waals surface area contributed by atoms with E-state index in [1.165, 1.54) is 0 Å². The van der Waals surface area contributed by atoms with Gasteiger partial charge in [-0.1, -0.05) is 13.8 Å². The molecule has 15 heavy (non-hydrogen) atoms. The first kappa shape index (κ1) is 12.0. The molecule has 2 amide bonds. The molecule has 1 unspecified atom stereocenters. The van der Waals surface area contributed by atoms with Crippen molar-refractivity contribution in [2.75, 3.05) is 20.6 Å². The SMILES string of the molecule is CC(C)C(=O)N1CCCC1C(=O)N(C)C. The summed E-state index contributed by atoms with van der Waals surface area (Å²) in [5, 5.41) is 0. The number of amides is 2. The minimum Gasteiger partial charge on any atom is -0.347 e. The highest BCUT2D eigenvalue weighted by Gasteiger charge is 2.35. The smallest absolute Gasteiger partial charge is 0.244 e. The minimum absolute atomic E-state index is 0.0273. The average Bonchev–Trinajstić information content (AvgIpc) is 2.63. The van der Waals surface area contributed by atoms with Crippen molar-refractivity contribution in [3.8, 4) is 0 Å². The van der Waals surface area contributed by atoms with Crippen LogP contribution in [-0.4, -0.2) is 48.3 Å². The molecule has 1 aliphatic rings. The van der Waals surface area contributed by atoms with Crippen molar-refractivity contribution < 1.29 is 9.59 Å². The van der Waals surface area contributed by atoms with Crippen LogP contribution < -0.4 is 0 Å². The normalized spacial score (nSPS) is 20.9. The van der Waals surface area contributed by atoms with Crippen molar-refractivity contribution in [2.24, 2.45) is 5.92 Å². The number of rotatable bonds is 2. The van der Waals surface area contributed by atoms with Gasteiger partial charge < -0.3 is 9.80 Å². The summed E-state index contributed by atoms with van der Waals surface area (Å²) in [5.41, 5.74) is 0. The van der Waals surface area contributed by atoms with E-state index in [0.29, 0.717) is 0 Å². The van der Waals surface area contributed by atoms with E-state index < -0.39 is 0 Å². The molecule has 0 saturated carbocycles. The Labute approximate surface area is 91.2 Å². The van der Waals surface area contributed by atoms with Gasteiger partial charge in [0.15, 0.2) is 0 Å². The number of hydrogen-bond donors (Lipinski definition) is 0. The van der Waals surface area contributed by atoms with Gasteiger partial charge >= 0.3 is 0 Å². The number of likely N-dealkylation sites (tertiary alicyclic amines) is 1. The van der Waals surface area contributed by atoms with Crippen LogP contribution in [0.3, 0.4) is 0 Å². The monoisotopic (exact) mass is 212 g/mol. The van der Waals surface area contributed by atoms with Gasteiger partial charge in [-0.2, -0.15) is 0 Å². The number of hydrogen-bond acceptors (Lipinski definition) is 2. The number of carbonyl (C=O) groups is 2. The molecular weight excluding hydrogens is 192 g/mol. The molecule has 86 valence electrons. The Morgan fingerprint density at radius 1 is 1.33 bits per heavy atom. The predicted molar refractivity (Wildman–Crippen MR) is 58.3 cm³/mol. The summed E-state index contributed by atoms with van der Waals surface area (Å²) in [6.45, 7) is 4.47. The summed E-state index contributed by atoms with van der Waals surface area (Å²) in [7, 11) is 3.47. The van der Waals surface area contributed by atoms with Gasteiger partial charge in [0.2, 0.25) is 11.8 Å². The molecule has 0 aromatic carbocycles. The van der Waals surface area contributed by atoms with Crippen molar-refractivity contribution in [1.82, 2.24) is 9.80 Å². The summed E-state index contributed by atoms with van der Waals surface area (Å²) in [5.74, 6) is 0.106. The number of likely N-dealkylation sites (N-methyl/N-ethyl adjacent to an activating group) is 1. The summed E-state index contributed by atoms with van der Waals surface area (Å²) in [6.07, 6.45) is 1.73. The van der Waals surface area contributed by atoms with Crippen molar-refractivity contribution in [3.05, 3.63) is 0 Å². The van der Waals surface area contributed by atoms with E-state index in [9.17, 15) is 9.59 Å². The first-order valence-electron chi connectivity index (χ1n) is 5.46. The van der Waals surface area contributed by atoms with Gasteiger partial charge in [0.25, 0.3) is 0 Å². The molecule has 4 heteroatoms. The first-order chi connectivity index (χ1) is 6.95. The molecule has 4 nitrogen and oxygen atoms in total. The Morgan fingerprint density at radius 2 is 1.93 bits per heavy atom. The van der Waals surface area contributed by atoms with Crippen LogP contribution in [-0.2, 0) is 9.59 Å². The molecule has 0 bridgehead atoms. The van der Waals surface area contributed by atoms with Crippen LogP contribution in [0.5, 0.6) is 0 Å². The van der Waals surface area contributed by atoms with Crippen LogP contribution in [0, 0.1) is 5.92 Å². The van der Waals surface area contributed by atoms with E-state index in [-0.39, 0.29) is 23.8 Å². The van der Waals surface area contributed by atoms with Gasteiger partial charge in [-0.05, 0) is 12.8 Å². The quantitative estimate of drug-likeness (QED) is 0.677. The Bertz CT molecular complexity index is 235. The molecule has 0 N–H and O–H groups in total. The summed E-state index contributed by atoms with van der Waals surface area (Å²) in [6, 6.07) is -0.227. The largest absolute Gasteiger partial charge is 0.347 e. The van der Waals surface area contributed by atoms with Gasteiger partial charge in [0, 0.05) is 26.6 Å². The molecule has 0 aliphatic carbocycles. The molecule has 0 aromatic rings. The molecule has 1 fully saturated rings. The van der Waals surface area contributed by atoms with Crippen LogP contribution in [0.25, 0.3) is 0 Å². The highest BCUT2D eigenvalue weighted by atomic mass is 16.2. The number of nitrogens with zero attached hydrogens (tertiary/aromatic N) is 2. The number of carbonyl (C=O) groups excluding carboxylic acids is 2. The fourth-order valence-electron chi connectivity index (χ4n) is 1.92. The van der Waals surface area contributed by atoms with Crippen molar-refractivity contribution in [3.63, 3.8) is 0 Å². The van der Waals surface area contributed by atoms with E-state index in [1.54, 1.807) is 23.9 Å². The molecule has 1 rings (SSSR count). The Balaban J connectivity index is 2.73. The predicted octanol–water partition coefficient (Wildman–Crippen LogP) is 0.722. The zero-order chi connectivity index (χ0) is 11.6. The molecule has 0 radical (unpaired) electrons. The van der Waals surface area contributed by atoms with Gasteiger partial charge in [-0.15, -0.1) is 0 Å². The second kappa shape index (κ2) is 4.64. The van der Waals surface area contributed by atoms with E-state index in [1.807, 2.05) is 13.8 Å². The Hall–Kier alpha value is -1.06. The maximum atomic E-state index is 11.8. The standard InChI is InChI=1S/C11H20N2O2/c1-8(2)10(14)13-7-5-6-9(13)11(15)12(3)4/h8-9H,5-7H2,1-4H3. The molecule has 0 aromatic heterocycles. The van der Waals surface area contributed by atoms with Gasteiger partial charge in [0.1, 0.15) is 6.04 Å². The summed E-state index contributed by atoms with van der Waals surface area (Å²) < 4.78 is 0. The van der Waals surface area contributed by atoms with Crippen LogP contribution in [0.15, 0.2) is 0 Å². The molecule has 1 saturated heterocycles. The minimum atomic E-state index is -0.227. The summed E-state index contributed by atoms with van der Waals surface area (Å²) in [4.78, 5) is 26.9. The van der Waals surface area contributed by atoms with E-state index in [0.717, 1.165) is 19.4 Å². The van der Waals surface area contributed by atoms with Crippen LogP contribution in [0.2, 0.25) is 0 Å². The Morgan fingerprint density at radius 3 is 2.40 bits per heavy atom. The summed E-state index contributed by atoms with van der Waals surface area (Å²) >= 11 is 0. The third kappa shape index (κ3) is 2.49. The van der Waals surface area contributed by atoms with Crippen LogP contribution in [0.4, 0.5) is 0 Å². The fraction of sp³-hybridized carbons (Fsp3) is 0.818. The highest BCUT2D eigenvalue weighted by Crippen LogP contribution is 2.20. The lowest BCUT2D eigenvalue weighted by Crippen LogP contribution is -2.46. The third-order valence-electron chi connectivity index (χ3n) is 2.76. The first-order valence-corrected chi connectivity index (χ1v) is 5.46. The second-order valence-corrected chi connectivity index (χ2v) is 4.58. The van der Waals surface area contributed by atoms with Crippen molar-refractivity contribution >= 4 is 11.8 Å². The van der Waals surface area contributed by atoms with Gasteiger partial charge in [-0.3, -0.25) is 9.59 Å². The van der Waals surface area contributed by atoms with Crippen molar-refractivity contribution in [2.45, 2.75) is 32.7 Å². The molecule has 1 aliphatic heterocycles. The van der Waals surface area contributed by atoms with E-state index >= 15 is 0 Å². The lowest BCUT2D eigenvalue weighted by Gasteiger charge is -2.27. The third-order valence-corrected chi connectivity index (χ3v) is 2.76. The van der Waals surface area contributed by atoms with E-state index in [4.69, 9.17) is 0 Å². The molecule has 0 spiro atoms. The maximum absolute atomic E-state index is 11.8. The lowest BCUT2D eigenvalue weighted by atomic mass is 10.1. The van der Waals surface area contributed by atoms with Crippen molar-refractivity contribution in [1.29, 1.82) is 0 Å². The average molecular weight is 212 g/mol.